The minimum atomic E-state index is -1.04. The summed E-state index contributed by atoms with van der Waals surface area (Å²) >= 11 is 6.26. The van der Waals surface area contributed by atoms with Crippen LogP contribution in [0.25, 0.3) is 16.8 Å². The number of hydrogen-bond donors (Lipinski definition) is 1. The first-order valence-corrected chi connectivity index (χ1v) is 8.97. The summed E-state index contributed by atoms with van der Waals surface area (Å²) in [4.78, 5) is 10.7. The van der Waals surface area contributed by atoms with E-state index in [0.717, 1.165) is 22.6 Å². The monoisotopic (exact) mass is 398 g/mol. The Morgan fingerprint density at radius 3 is 2.54 bits per heavy atom. The molecule has 0 unspecified atom stereocenters. The minimum Gasteiger partial charge on any atom is -0.493 e. The largest absolute Gasteiger partial charge is 0.493 e. The molecule has 0 radical (unpaired) electrons. The summed E-state index contributed by atoms with van der Waals surface area (Å²) in [7, 11) is 1.49. The highest BCUT2D eigenvalue weighted by Gasteiger charge is 2.11. The number of carboxylic acids is 1. The van der Waals surface area contributed by atoms with Gasteiger partial charge in [-0.05, 0) is 46.7 Å². The Balaban J connectivity index is 1.62. The summed E-state index contributed by atoms with van der Waals surface area (Å²) in [6.07, 6.45) is 2.46. The van der Waals surface area contributed by atoms with Crippen molar-refractivity contribution in [3.8, 4) is 17.2 Å². The first-order chi connectivity index (χ1) is 13.6. The van der Waals surface area contributed by atoms with Crippen LogP contribution in [0.4, 0.5) is 0 Å². The molecule has 0 aliphatic rings. The van der Waals surface area contributed by atoms with Gasteiger partial charge in [0.1, 0.15) is 19.0 Å². The second-order valence-electron chi connectivity index (χ2n) is 5.91. The lowest BCUT2D eigenvalue weighted by molar-refractivity contribution is -0.131. The normalized spacial score (nSPS) is 10.9. The summed E-state index contributed by atoms with van der Waals surface area (Å²) in [6.45, 7) is 0.603. The van der Waals surface area contributed by atoms with Crippen LogP contribution >= 0.6 is 11.6 Å². The lowest BCUT2D eigenvalue weighted by atomic mass is 10.1. The van der Waals surface area contributed by atoms with Crippen LogP contribution in [-0.4, -0.2) is 31.4 Å². The summed E-state index contributed by atoms with van der Waals surface area (Å²) in [6, 6.07) is 17.2. The average molecular weight is 399 g/mol. The molecule has 3 aromatic rings. The lowest BCUT2D eigenvalue weighted by Crippen LogP contribution is -2.10. The lowest BCUT2D eigenvalue weighted by Gasteiger charge is -2.14. The van der Waals surface area contributed by atoms with Crippen LogP contribution in [0.15, 0.2) is 60.7 Å². The molecule has 0 saturated carbocycles. The molecule has 5 nitrogen and oxygen atoms in total. The fourth-order valence-corrected chi connectivity index (χ4v) is 2.98. The second kappa shape index (κ2) is 9.15. The van der Waals surface area contributed by atoms with E-state index in [-0.39, 0.29) is 6.61 Å². The van der Waals surface area contributed by atoms with Crippen molar-refractivity contribution >= 4 is 34.4 Å². The zero-order valence-corrected chi connectivity index (χ0v) is 16.0. The van der Waals surface area contributed by atoms with E-state index in [1.807, 2.05) is 42.5 Å². The third kappa shape index (κ3) is 4.96. The Morgan fingerprint density at radius 1 is 1.04 bits per heavy atom. The molecule has 0 amide bonds. The quantitative estimate of drug-likeness (QED) is 0.424. The Kier molecular flexibility index (Phi) is 6.40. The number of aliphatic carboxylic acids is 1. The number of methoxy groups -OCH3 is 1. The van der Waals surface area contributed by atoms with Crippen LogP contribution in [0.3, 0.4) is 0 Å². The number of carboxylic acid groups (broad SMARTS) is 1. The molecule has 0 aliphatic carbocycles. The van der Waals surface area contributed by atoms with Crippen LogP contribution in [0.1, 0.15) is 5.56 Å². The summed E-state index contributed by atoms with van der Waals surface area (Å²) in [5, 5.41) is 11.3. The minimum absolute atomic E-state index is 0.271. The van der Waals surface area contributed by atoms with Gasteiger partial charge in [-0.1, -0.05) is 41.9 Å². The molecule has 0 saturated heterocycles. The molecule has 28 heavy (non-hydrogen) atoms. The highest BCUT2D eigenvalue weighted by atomic mass is 35.5. The van der Waals surface area contributed by atoms with Gasteiger partial charge >= 0.3 is 5.97 Å². The molecule has 144 valence electrons. The predicted octanol–water partition coefficient (Wildman–Crippen LogP) is 5.06. The second-order valence-corrected chi connectivity index (χ2v) is 6.32. The molecule has 3 aromatic carbocycles. The molecular weight excluding hydrogens is 380 g/mol. The van der Waals surface area contributed by atoms with Crippen LogP contribution in [0, 0.1) is 0 Å². The van der Waals surface area contributed by atoms with E-state index in [0.29, 0.717) is 28.7 Å². The number of benzene rings is 3. The smallest absolute Gasteiger partial charge is 0.328 e. The zero-order chi connectivity index (χ0) is 19.9. The molecule has 0 fully saturated rings. The third-order valence-corrected chi connectivity index (χ3v) is 4.27. The van der Waals surface area contributed by atoms with Crippen molar-refractivity contribution in [3.63, 3.8) is 0 Å². The maximum Gasteiger partial charge on any atom is 0.328 e. The Bertz CT molecular complexity index is 1010. The molecule has 1 N–H and O–H groups in total. The van der Waals surface area contributed by atoms with Crippen molar-refractivity contribution < 1.29 is 24.1 Å². The van der Waals surface area contributed by atoms with Crippen molar-refractivity contribution in [2.24, 2.45) is 0 Å². The van der Waals surface area contributed by atoms with Gasteiger partial charge in [0.15, 0.2) is 11.5 Å². The van der Waals surface area contributed by atoms with Gasteiger partial charge in [-0.2, -0.15) is 0 Å². The maximum atomic E-state index is 10.7. The van der Waals surface area contributed by atoms with Gasteiger partial charge in [0.2, 0.25) is 0 Å². The molecule has 3 rings (SSSR count). The van der Waals surface area contributed by atoms with Crippen molar-refractivity contribution in [3.05, 3.63) is 71.3 Å². The van der Waals surface area contributed by atoms with Gasteiger partial charge in [0, 0.05) is 6.08 Å². The Labute approximate surface area is 167 Å². The van der Waals surface area contributed by atoms with Gasteiger partial charge < -0.3 is 19.3 Å². The average Bonchev–Trinajstić information content (AvgIpc) is 2.70. The summed E-state index contributed by atoms with van der Waals surface area (Å²) in [5.74, 6) is 0.526. The number of halogens is 1. The molecule has 0 bridgehead atoms. The van der Waals surface area contributed by atoms with E-state index in [4.69, 9.17) is 30.9 Å². The SMILES string of the molecule is COc1cc(C=CC(=O)O)cc(Cl)c1OCCOc1ccc2ccccc2c1. The topological polar surface area (TPSA) is 65.0 Å². The van der Waals surface area contributed by atoms with Gasteiger partial charge in [0.25, 0.3) is 0 Å². The van der Waals surface area contributed by atoms with E-state index in [2.05, 4.69) is 0 Å². The predicted molar refractivity (Wildman–Crippen MR) is 110 cm³/mol. The van der Waals surface area contributed by atoms with E-state index in [1.165, 1.54) is 13.2 Å². The van der Waals surface area contributed by atoms with Crippen LogP contribution < -0.4 is 14.2 Å². The number of carbonyl (C=O) groups is 1. The van der Waals surface area contributed by atoms with Gasteiger partial charge in [-0.3, -0.25) is 0 Å². The fourth-order valence-electron chi connectivity index (χ4n) is 2.70. The highest BCUT2D eigenvalue weighted by molar-refractivity contribution is 6.32. The first kappa shape index (κ1) is 19.6. The molecule has 0 heterocycles. The number of hydrogen-bond acceptors (Lipinski definition) is 4. The molecule has 0 atom stereocenters. The standard InChI is InChI=1S/C22H19ClO5/c1-26-20-13-15(6-9-21(24)25)12-19(23)22(20)28-11-10-27-18-8-7-16-4-2-3-5-17(16)14-18/h2-9,12-14H,10-11H2,1H3,(H,24,25). The molecule has 6 heteroatoms. The van der Waals surface area contributed by atoms with E-state index < -0.39 is 5.97 Å². The molecule has 0 spiro atoms. The zero-order valence-electron chi connectivity index (χ0n) is 15.2. The van der Waals surface area contributed by atoms with Crippen LogP contribution in [0.2, 0.25) is 5.02 Å². The summed E-state index contributed by atoms with van der Waals surface area (Å²) < 4.78 is 16.8. The first-order valence-electron chi connectivity index (χ1n) is 8.60. The number of fused-ring (bicyclic) bond motifs is 1. The van der Waals surface area contributed by atoms with Gasteiger partial charge in [0.05, 0.1) is 12.1 Å². The van der Waals surface area contributed by atoms with E-state index >= 15 is 0 Å². The molecule has 0 aliphatic heterocycles. The van der Waals surface area contributed by atoms with Gasteiger partial charge in [-0.25, -0.2) is 4.79 Å². The summed E-state index contributed by atoms with van der Waals surface area (Å²) in [5.41, 5.74) is 0.601. The van der Waals surface area contributed by atoms with Crippen molar-refractivity contribution in [2.45, 2.75) is 0 Å². The number of ether oxygens (including phenoxy) is 3. The Morgan fingerprint density at radius 2 is 1.79 bits per heavy atom. The maximum absolute atomic E-state index is 10.7. The molecule has 0 aromatic heterocycles. The van der Waals surface area contributed by atoms with Crippen LogP contribution in [0.5, 0.6) is 17.2 Å². The third-order valence-electron chi connectivity index (χ3n) is 3.99. The highest BCUT2D eigenvalue weighted by Crippen LogP contribution is 2.36. The van der Waals surface area contributed by atoms with Gasteiger partial charge in [-0.15, -0.1) is 0 Å². The van der Waals surface area contributed by atoms with Crippen molar-refractivity contribution in [1.29, 1.82) is 0 Å². The van der Waals surface area contributed by atoms with Crippen molar-refractivity contribution in [1.82, 2.24) is 0 Å². The fraction of sp³-hybridized carbons (Fsp3) is 0.136. The van der Waals surface area contributed by atoms with E-state index in [9.17, 15) is 4.79 Å². The Hall–Kier alpha value is -3.18. The number of rotatable bonds is 8. The molecular formula is C22H19ClO5. The van der Waals surface area contributed by atoms with Crippen molar-refractivity contribution in [2.75, 3.05) is 20.3 Å². The van der Waals surface area contributed by atoms with E-state index in [1.54, 1.807) is 12.1 Å². The van der Waals surface area contributed by atoms with Crippen LogP contribution in [-0.2, 0) is 4.79 Å².